The summed E-state index contributed by atoms with van der Waals surface area (Å²) in [5.41, 5.74) is 4.41. The largest absolute Gasteiger partial charge is 0.351 e. The minimum atomic E-state index is -1.95. The molecule has 0 heterocycles. The zero-order chi connectivity index (χ0) is 10.9. The lowest BCUT2D eigenvalue weighted by Crippen LogP contribution is -2.36. The number of halogens is 3. The van der Waals surface area contributed by atoms with E-state index in [0.717, 1.165) is 0 Å². The van der Waals surface area contributed by atoms with Crippen molar-refractivity contribution in [3.8, 4) is 0 Å². The Bertz CT molecular complexity index is 325. The molecule has 1 rings (SSSR count). The number of nitrogens with two attached hydrogens (primary N) is 1. The van der Waals surface area contributed by atoms with Crippen LogP contribution < -0.4 is 11.1 Å². The molecule has 6 heteroatoms. The van der Waals surface area contributed by atoms with Crippen LogP contribution in [0.15, 0.2) is 23.4 Å². The Hall–Kier alpha value is -1.46. The number of hydrogen-bond acceptors (Lipinski definition) is 1. The molecule has 0 bridgehead atoms. The number of amides is 2. The lowest BCUT2D eigenvalue weighted by atomic mass is 9.95. The van der Waals surface area contributed by atoms with E-state index in [1.54, 1.807) is 0 Å². The first-order valence-corrected chi connectivity index (χ1v) is 3.90. The fourth-order valence-electron chi connectivity index (χ4n) is 1.19. The molecule has 0 saturated heterocycles. The first-order chi connectivity index (χ1) is 6.43. The van der Waals surface area contributed by atoms with Crippen LogP contribution in [0.4, 0.5) is 18.0 Å². The van der Waals surface area contributed by atoms with Gasteiger partial charge >= 0.3 is 6.03 Å². The van der Waals surface area contributed by atoms with Gasteiger partial charge in [-0.1, -0.05) is 6.92 Å². The highest BCUT2D eigenvalue weighted by Crippen LogP contribution is 2.31. The molecule has 0 aromatic rings. The molecule has 0 aromatic carbocycles. The highest BCUT2D eigenvalue weighted by Gasteiger charge is 2.31. The summed E-state index contributed by atoms with van der Waals surface area (Å²) < 4.78 is 38.7. The van der Waals surface area contributed by atoms with Crippen LogP contribution in [-0.2, 0) is 0 Å². The molecule has 1 aliphatic carbocycles. The lowest BCUT2D eigenvalue weighted by Gasteiger charge is -2.22. The second-order valence-corrected chi connectivity index (χ2v) is 2.97. The molecule has 3 nitrogen and oxygen atoms in total. The van der Waals surface area contributed by atoms with E-state index in [0.29, 0.717) is 6.08 Å². The summed E-state index contributed by atoms with van der Waals surface area (Å²) in [7, 11) is 0. The number of primary amides is 1. The van der Waals surface area contributed by atoms with Crippen LogP contribution >= 0.6 is 0 Å². The van der Waals surface area contributed by atoms with Crippen molar-refractivity contribution in [1.29, 1.82) is 0 Å². The lowest BCUT2D eigenvalue weighted by molar-refractivity contribution is 0.236. The topological polar surface area (TPSA) is 55.1 Å². The summed E-state index contributed by atoms with van der Waals surface area (Å²) in [5.74, 6) is -3.29. The predicted octanol–water partition coefficient (Wildman–Crippen LogP) is 1.68. The quantitative estimate of drug-likeness (QED) is 0.673. The van der Waals surface area contributed by atoms with Crippen LogP contribution in [0.1, 0.15) is 6.92 Å². The summed E-state index contributed by atoms with van der Waals surface area (Å²) >= 11 is 0. The molecule has 0 radical (unpaired) electrons. The molecular weight excluding hydrogens is 197 g/mol. The Kier molecular flexibility index (Phi) is 2.83. The molecule has 0 saturated carbocycles. The molecule has 0 spiro atoms. The van der Waals surface area contributed by atoms with Crippen molar-refractivity contribution in [2.75, 3.05) is 0 Å². The summed E-state index contributed by atoms with van der Waals surface area (Å²) in [5, 5.41) is 1.92. The van der Waals surface area contributed by atoms with Gasteiger partial charge in [0.05, 0.1) is 5.70 Å². The molecule has 2 atom stereocenters. The van der Waals surface area contributed by atoms with E-state index < -0.39 is 29.8 Å². The van der Waals surface area contributed by atoms with E-state index in [-0.39, 0.29) is 5.70 Å². The average molecular weight is 206 g/mol. The number of allylic oxidation sites excluding steroid dienone is 4. The molecular formula is C8H9F3N2O. The SMILES string of the molecule is CC1C(NC(N)=O)=C(F)C=C(F)C1F. The highest BCUT2D eigenvalue weighted by atomic mass is 19.2. The number of carbonyl (C=O) groups is 1. The number of carbonyl (C=O) groups excluding carboxylic acids is 1. The van der Waals surface area contributed by atoms with Gasteiger partial charge in [-0.3, -0.25) is 0 Å². The standard InChI is InChI=1S/C8H9F3N2O/c1-3-6(11)4(9)2-5(10)7(3)13-8(12)14/h2-3,6H,1H3,(H3,12,13,14). The maximum absolute atomic E-state index is 13.0. The van der Waals surface area contributed by atoms with Crippen molar-refractivity contribution in [2.24, 2.45) is 11.7 Å². The van der Waals surface area contributed by atoms with E-state index in [1.165, 1.54) is 6.92 Å². The molecule has 0 aliphatic heterocycles. The first kappa shape index (κ1) is 10.6. The average Bonchev–Trinajstić information content (AvgIpc) is 2.09. The third-order valence-corrected chi connectivity index (χ3v) is 1.94. The monoisotopic (exact) mass is 206 g/mol. The van der Waals surface area contributed by atoms with Gasteiger partial charge < -0.3 is 11.1 Å². The van der Waals surface area contributed by atoms with Crippen molar-refractivity contribution in [3.05, 3.63) is 23.4 Å². The minimum Gasteiger partial charge on any atom is -0.351 e. The summed E-state index contributed by atoms with van der Waals surface area (Å²) in [6.07, 6.45) is -1.55. The molecule has 0 fully saturated rings. The maximum atomic E-state index is 13.0. The van der Waals surface area contributed by atoms with Gasteiger partial charge in [-0.2, -0.15) is 0 Å². The Morgan fingerprint density at radius 1 is 1.57 bits per heavy atom. The van der Waals surface area contributed by atoms with Gasteiger partial charge in [0, 0.05) is 12.0 Å². The zero-order valence-electron chi connectivity index (χ0n) is 7.35. The van der Waals surface area contributed by atoms with Gasteiger partial charge in [0.15, 0.2) is 6.17 Å². The number of hydrogen-bond donors (Lipinski definition) is 2. The molecule has 2 unspecified atom stereocenters. The van der Waals surface area contributed by atoms with Crippen LogP contribution in [0, 0.1) is 5.92 Å². The number of nitrogens with one attached hydrogen (secondary N) is 1. The van der Waals surface area contributed by atoms with Gasteiger partial charge in [0.25, 0.3) is 0 Å². The van der Waals surface area contributed by atoms with E-state index in [9.17, 15) is 18.0 Å². The predicted molar refractivity (Wildman–Crippen MR) is 44.1 cm³/mol. The van der Waals surface area contributed by atoms with Gasteiger partial charge in [-0.05, 0) is 0 Å². The van der Waals surface area contributed by atoms with Gasteiger partial charge in [0.2, 0.25) is 0 Å². The Labute approximate surface area is 78.5 Å². The van der Waals surface area contributed by atoms with Crippen LogP contribution in [0.25, 0.3) is 0 Å². The van der Waals surface area contributed by atoms with E-state index in [4.69, 9.17) is 5.73 Å². The third-order valence-electron chi connectivity index (χ3n) is 1.94. The van der Waals surface area contributed by atoms with Crippen molar-refractivity contribution in [2.45, 2.75) is 13.1 Å². The second kappa shape index (κ2) is 3.73. The normalized spacial score (nSPS) is 27.3. The maximum Gasteiger partial charge on any atom is 0.316 e. The van der Waals surface area contributed by atoms with Crippen LogP contribution in [0.5, 0.6) is 0 Å². The second-order valence-electron chi connectivity index (χ2n) is 2.97. The summed E-state index contributed by atoms with van der Waals surface area (Å²) in [4.78, 5) is 10.4. The molecule has 2 amide bonds. The molecule has 3 N–H and O–H groups in total. The fourth-order valence-corrected chi connectivity index (χ4v) is 1.19. The number of rotatable bonds is 1. The van der Waals surface area contributed by atoms with Gasteiger partial charge in [-0.25, -0.2) is 18.0 Å². The Morgan fingerprint density at radius 2 is 2.14 bits per heavy atom. The van der Waals surface area contributed by atoms with E-state index in [2.05, 4.69) is 0 Å². The van der Waals surface area contributed by atoms with E-state index >= 15 is 0 Å². The summed E-state index contributed by atoms with van der Waals surface area (Å²) in [6.45, 7) is 1.25. The Balaban J connectivity index is 3.00. The zero-order valence-corrected chi connectivity index (χ0v) is 7.35. The van der Waals surface area contributed by atoms with Gasteiger partial charge in [0.1, 0.15) is 11.7 Å². The molecule has 14 heavy (non-hydrogen) atoms. The molecule has 0 aromatic heterocycles. The van der Waals surface area contributed by atoms with Crippen LogP contribution in [0.2, 0.25) is 0 Å². The van der Waals surface area contributed by atoms with Crippen molar-refractivity contribution in [1.82, 2.24) is 5.32 Å². The highest BCUT2D eigenvalue weighted by molar-refractivity contribution is 5.74. The smallest absolute Gasteiger partial charge is 0.316 e. The van der Waals surface area contributed by atoms with Crippen LogP contribution in [-0.4, -0.2) is 12.2 Å². The van der Waals surface area contributed by atoms with Crippen molar-refractivity contribution < 1.29 is 18.0 Å². The number of alkyl halides is 1. The van der Waals surface area contributed by atoms with Crippen LogP contribution in [0.3, 0.4) is 0 Å². The molecule has 78 valence electrons. The molecule has 1 aliphatic rings. The number of urea groups is 1. The van der Waals surface area contributed by atoms with Crippen molar-refractivity contribution >= 4 is 6.03 Å². The third kappa shape index (κ3) is 1.89. The van der Waals surface area contributed by atoms with Gasteiger partial charge in [-0.15, -0.1) is 0 Å². The minimum absolute atomic E-state index is 0.327. The van der Waals surface area contributed by atoms with Crippen molar-refractivity contribution in [3.63, 3.8) is 0 Å². The fraction of sp³-hybridized carbons (Fsp3) is 0.375. The van der Waals surface area contributed by atoms with E-state index in [1.807, 2.05) is 5.32 Å². The summed E-state index contributed by atoms with van der Waals surface area (Å²) in [6, 6.07) is -1.01. The Morgan fingerprint density at radius 3 is 2.64 bits per heavy atom. The first-order valence-electron chi connectivity index (χ1n) is 3.90.